The molecule has 1 fully saturated rings. The first-order valence-electron chi connectivity index (χ1n) is 9.68. The van der Waals surface area contributed by atoms with Gasteiger partial charge in [0.25, 0.3) is 11.6 Å². The van der Waals surface area contributed by atoms with Gasteiger partial charge in [0.05, 0.1) is 4.92 Å². The van der Waals surface area contributed by atoms with E-state index in [1.54, 1.807) is 26.0 Å². The van der Waals surface area contributed by atoms with Crippen LogP contribution in [0.4, 0.5) is 5.69 Å². The maximum Gasteiger partial charge on any atom is 0.272 e. The molecule has 3 rings (SSSR count). The highest BCUT2D eigenvalue weighted by Crippen LogP contribution is 2.25. The van der Waals surface area contributed by atoms with E-state index in [-0.39, 0.29) is 11.6 Å². The number of nitro benzene ring substituents is 1. The first kappa shape index (κ1) is 19.9. The van der Waals surface area contributed by atoms with Crippen molar-refractivity contribution in [1.82, 2.24) is 4.90 Å². The minimum absolute atomic E-state index is 0.0332. The number of ether oxygens (including phenoxy) is 1. The van der Waals surface area contributed by atoms with Crippen molar-refractivity contribution in [1.29, 1.82) is 0 Å². The van der Waals surface area contributed by atoms with Gasteiger partial charge in [-0.15, -0.1) is 0 Å². The van der Waals surface area contributed by atoms with Crippen molar-refractivity contribution < 1.29 is 14.5 Å². The van der Waals surface area contributed by atoms with Gasteiger partial charge in [-0.2, -0.15) is 0 Å². The van der Waals surface area contributed by atoms with Crippen molar-refractivity contribution in [3.63, 3.8) is 0 Å². The number of benzene rings is 2. The van der Waals surface area contributed by atoms with Crippen LogP contribution in [0.3, 0.4) is 0 Å². The van der Waals surface area contributed by atoms with Crippen molar-refractivity contribution in [2.75, 3.05) is 13.1 Å². The standard InChI is InChI=1S/C22H26N2O4/c1-16-14-20(8-9-21(16)24(26)27)28-17(2)22(25)23-12-10-19(11-13-23)15-18-6-4-3-5-7-18/h3-9,14,17,19H,10-13,15H2,1-2H3/t17-/m0/s1. The molecule has 0 radical (unpaired) electrons. The Labute approximate surface area is 165 Å². The molecule has 148 valence electrons. The number of likely N-dealkylation sites (tertiary alicyclic amines) is 1. The highest BCUT2D eigenvalue weighted by Gasteiger charge is 2.27. The van der Waals surface area contributed by atoms with Crippen LogP contribution in [0.25, 0.3) is 0 Å². The zero-order valence-corrected chi connectivity index (χ0v) is 16.3. The number of carbonyl (C=O) groups is 1. The summed E-state index contributed by atoms with van der Waals surface area (Å²) < 4.78 is 5.75. The van der Waals surface area contributed by atoms with Crippen LogP contribution in [0.15, 0.2) is 48.5 Å². The molecule has 1 heterocycles. The Morgan fingerprint density at radius 1 is 1.21 bits per heavy atom. The molecule has 0 N–H and O–H groups in total. The summed E-state index contributed by atoms with van der Waals surface area (Å²) in [7, 11) is 0. The van der Waals surface area contributed by atoms with Gasteiger partial charge in [0, 0.05) is 24.7 Å². The Morgan fingerprint density at radius 3 is 2.50 bits per heavy atom. The molecule has 0 aromatic heterocycles. The van der Waals surface area contributed by atoms with E-state index >= 15 is 0 Å². The van der Waals surface area contributed by atoms with Gasteiger partial charge in [0.2, 0.25) is 0 Å². The van der Waals surface area contributed by atoms with E-state index in [2.05, 4.69) is 24.3 Å². The van der Waals surface area contributed by atoms with Crippen molar-refractivity contribution in [3.8, 4) is 5.75 Å². The van der Waals surface area contributed by atoms with Gasteiger partial charge in [-0.25, -0.2) is 0 Å². The minimum Gasteiger partial charge on any atom is -0.481 e. The number of hydrogen-bond acceptors (Lipinski definition) is 4. The van der Waals surface area contributed by atoms with Crippen LogP contribution in [-0.4, -0.2) is 34.9 Å². The fraction of sp³-hybridized carbons (Fsp3) is 0.409. The fourth-order valence-electron chi connectivity index (χ4n) is 3.72. The molecule has 0 bridgehead atoms. The molecule has 1 saturated heterocycles. The lowest BCUT2D eigenvalue weighted by Gasteiger charge is -2.33. The Balaban J connectivity index is 1.52. The second kappa shape index (κ2) is 8.87. The topological polar surface area (TPSA) is 72.7 Å². The third-order valence-corrected chi connectivity index (χ3v) is 5.32. The summed E-state index contributed by atoms with van der Waals surface area (Å²) in [5.74, 6) is 1.04. The first-order chi connectivity index (χ1) is 13.4. The van der Waals surface area contributed by atoms with Crippen LogP contribution < -0.4 is 4.74 Å². The summed E-state index contributed by atoms with van der Waals surface area (Å²) in [5.41, 5.74) is 1.91. The molecule has 0 aliphatic carbocycles. The molecule has 1 aliphatic rings. The predicted octanol–water partition coefficient (Wildman–Crippen LogP) is 4.15. The predicted molar refractivity (Wildman–Crippen MR) is 107 cm³/mol. The summed E-state index contributed by atoms with van der Waals surface area (Å²) >= 11 is 0. The lowest BCUT2D eigenvalue weighted by molar-refractivity contribution is -0.385. The summed E-state index contributed by atoms with van der Waals surface area (Å²) in [4.78, 5) is 25.1. The minimum atomic E-state index is -0.619. The van der Waals surface area contributed by atoms with Crippen LogP contribution in [0, 0.1) is 23.0 Å². The van der Waals surface area contributed by atoms with Gasteiger partial charge in [0.15, 0.2) is 6.10 Å². The number of rotatable bonds is 6. The molecule has 0 saturated carbocycles. The van der Waals surface area contributed by atoms with Gasteiger partial charge in [0.1, 0.15) is 5.75 Å². The molecule has 0 unspecified atom stereocenters. The normalized spacial score (nSPS) is 15.9. The number of nitrogens with zero attached hydrogens (tertiary/aromatic N) is 2. The average Bonchev–Trinajstić information content (AvgIpc) is 2.68. The van der Waals surface area contributed by atoms with E-state index in [4.69, 9.17) is 4.74 Å². The molecule has 2 aromatic carbocycles. The zero-order valence-electron chi connectivity index (χ0n) is 16.3. The van der Waals surface area contributed by atoms with E-state index in [0.29, 0.717) is 17.2 Å². The molecule has 1 atom stereocenters. The highest BCUT2D eigenvalue weighted by atomic mass is 16.6. The van der Waals surface area contributed by atoms with Crippen LogP contribution in [0.2, 0.25) is 0 Å². The molecule has 2 aromatic rings. The summed E-state index contributed by atoms with van der Waals surface area (Å²) in [6.45, 7) is 4.87. The van der Waals surface area contributed by atoms with Crippen molar-refractivity contribution in [2.45, 2.75) is 39.2 Å². The van der Waals surface area contributed by atoms with Crippen molar-refractivity contribution >= 4 is 11.6 Å². The van der Waals surface area contributed by atoms with Gasteiger partial charge < -0.3 is 9.64 Å². The van der Waals surface area contributed by atoms with Gasteiger partial charge >= 0.3 is 0 Å². The number of hydrogen-bond donors (Lipinski definition) is 0. The van der Waals surface area contributed by atoms with Crippen LogP contribution >= 0.6 is 0 Å². The molecule has 1 aliphatic heterocycles. The van der Waals surface area contributed by atoms with Gasteiger partial charge in [-0.05, 0) is 56.7 Å². The quantitative estimate of drug-likeness (QED) is 0.556. The van der Waals surface area contributed by atoms with E-state index in [0.717, 1.165) is 32.4 Å². The lowest BCUT2D eigenvalue weighted by atomic mass is 9.90. The Bertz CT molecular complexity index is 830. The summed E-state index contributed by atoms with van der Waals surface area (Å²) in [6.07, 6.45) is 2.41. The molecular weight excluding hydrogens is 356 g/mol. The largest absolute Gasteiger partial charge is 0.481 e. The third kappa shape index (κ3) is 4.88. The fourth-order valence-corrected chi connectivity index (χ4v) is 3.72. The second-order valence-electron chi connectivity index (χ2n) is 7.42. The molecule has 6 nitrogen and oxygen atoms in total. The Kier molecular flexibility index (Phi) is 6.29. The Morgan fingerprint density at radius 2 is 1.89 bits per heavy atom. The monoisotopic (exact) mass is 382 g/mol. The van der Waals surface area contributed by atoms with E-state index in [1.807, 2.05) is 11.0 Å². The SMILES string of the molecule is Cc1cc(O[C@@H](C)C(=O)N2CCC(Cc3ccccc3)CC2)ccc1[N+](=O)[O-]. The van der Waals surface area contributed by atoms with E-state index < -0.39 is 11.0 Å². The number of carbonyl (C=O) groups excluding carboxylic acids is 1. The average molecular weight is 382 g/mol. The third-order valence-electron chi connectivity index (χ3n) is 5.32. The smallest absolute Gasteiger partial charge is 0.272 e. The molecule has 6 heteroatoms. The van der Waals surface area contributed by atoms with E-state index in [9.17, 15) is 14.9 Å². The van der Waals surface area contributed by atoms with Gasteiger partial charge in [-0.1, -0.05) is 30.3 Å². The van der Waals surface area contributed by atoms with Crippen molar-refractivity contribution in [2.24, 2.45) is 5.92 Å². The first-order valence-corrected chi connectivity index (χ1v) is 9.68. The highest BCUT2D eigenvalue weighted by molar-refractivity contribution is 5.81. The molecule has 1 amide bonds. The molecule has 28 heavy (non-hydrogen) atoms. The molecule has 0 spiro atoms. The van der Waals surface area contributed by atoms with Crippen LogP contribution in [0.1, 0.15) is 30.9 Å². The number of nitro groups is 1. The summed E-state index contributed by atoms with van der Waals surface area (Å²) in [5, 5.41) is 10.9. The van der Waals surface area contributed by atoms with E-state index in [1.165, 1.54) is 11.6 Å². The second-order valence-corrected chi connectivity index (χ2v) is 7.42. The summed E-state index contributed by atoms with van der Waals surface area (Å²) in [6, 6.07) is 15.0. The van der Waals surface area contributed by atoms with Crippen LogP contribution in [-0.2, 0) is 11.2 Å². The number of amides is 1. The number of piperidine rings is 1. The van der Waals surface area contributed by atoms with Gasteiger partial charge in [-0.3, -0.25) is 14.9 Å². The maximum absolute atomic E-state index is 12.7. The Hall–Kier alpha value is -2.89. The lowest BCUT2D eigenvalue weighted by Crippen LogP contribution is -2.45. The van der Waals surface area contributed by atoms with Crippen molar-refractivity contribution in [3.05, 3.63) is 69.8 Å². The zero-order chi connectivity index (χ0) is 20.1. The molecular formula is C22H26N2O4. The maximum atomic E-state index is 12.7. The number of aryl methyl sites for hydroxylation is 1. The van der Waals surface area contributed by atoms with Crippen LogP contribution in [0.5, 0.6) is 5.75 Å².